The summed E-state index contributed by atoms with van der Waals surface area (Å²) in [5, 5.41) is 5.00. The fourth-order valence-electron chi connectivity index (χ4n) is 2.63. The number of carbonyl (C=O) groups is 1. The second-order valence-corrected chi connectivity index (χ2v) is 5.35. The van der Waals surface area contributed by atoms with Gasteiger partial charge >= 0.3 is 5.97 Å². The van der Waals surface area contributed by atoms with Crippen LogP contribution in [0.5, 0.6) is 0 Å². The first-order chi connectivity index (χ1) is 9.04. The molecule has 0 bridgehead atoms. The highest BCUT2D eigenvalue weighted by molar-refractivity contribution is 6.31. The highest BCUT2D eigenvalue weighted by Crippen LogP contribution is 2.25. The number of hydrogen-bond donors (Lipinski definition) is 0. The van der Waals surface area contributed by atoms with E-state index in [9.17, 15) is 4.79 Å². The molecule has 1 unspecified atom stereocenters. The summed E-state index contributed by atoms with van der Waals surface area (Å²) in [4.78, 5) is 14.0. The summed E-state index contributed by atoms with van der Waals surface area (Å²) in [6.45, 7) is 3.41. The molecule has 0 radical (unpaired) electrons. The number of hydrogen-bond acceptors (Lipinski definition) is 4. The third-order valence-electron chi connectivity index (χ3n) is 3.70. The molecule has 2 rings (SSSR count). The Morgan fingerprint density at radius 2 is 2.26 bits per heavy atom. The molecule has 1 aliphatic heterocycles. The molecule has 0 spiro atoms. The summed E-state index contributed by atoms with van der Waals surface area (Å²) >= 11 is 6.27. The molecule has 1 aliphatic rings. The van der Waals surface area contributed by atoms with E-state index >= 15 is 0 Å². The van der Waals surface area contributed by atoms with Gasteiger partial charge in [-0.25, -0.2) is 0 Å². The van der Waals surface area contributed by atoms with Crippen molar-refractivity contribution < 1.29 is 9.53 Å². The molecule has 5 nitrogen and oxygen atoms in total. The van der Waals surface area contributed by atoms with Gasteiger partial charge in [-0.05, 0) is 26.3 Å². The van der Waals surface area contributed by atoms with Crippen LogP contribution in [0.1, 0.15) is 30.7 Å². The van der Waals surface area contributed by atoms with Gasteiger partial charge in [0.05, 0.1) is 23.5 Å². The van der Waals surface area contributed by atoms with Gasteiger partial charge in [-0.15, -0.1) is 0 Å². The Balaban J connectivity index is 2.17. The third-order valence-corrected chi connectivity index (χ3v) is 4.19. The van der Waals surface area contributed by atoms with Gasteiger partial charge in [-0.2, -0.15) is 5.10 Å². The minimum atomic E-state index is -0.162. The summed E-state index contributed by atoms with van der Waals surface area (Å²) in [5.74, 6) is -0.158. The molecule has 0 aromatic carbocycles. The zero-order valence-corrected chi connectivity index (χ0v) is 12.4. The van der Waals surface area contributed by atoms with Crippen LogP contribution in [0.15, 0.2) is 0 Å². The Labute approximate surface area is 118 Å². The average Bonchev–Trinajstić information content (AvgIpc) is 2.65. The maximum Gasteiger partial charge on any atom is 0.323 e. The lowest BCUT2D eigenvalue weighted by Gasteiger charge is -2.33. The number of aryl methyl sites for hydroxylation is 2. The van der Waals surface area contributed by atoms with Crippen molar-refractivity contribution in [3.8, 4) is 0 Å². The van der Waals surface area contributed by atoms with E-state index in [2.05, 4.69) is 10.00 Å². The SMILES string of the molecule is COC(=O)C1CCCCN1Cc1c(Cl)c(C)nn1C. The average molecular weight is 286 g/mol. The van der Waals surface area contributed by atoms with Crippen LogP contribution in [0.4, 0.5) is 0 Å². The van der Waals surface area contributed by atoms with Crippen LogP contribution < -0.4 is 0 Å². The van der Waals surface area contributed by atoms with Crippen molar-refractivity contribution in [1.82, 2.24) is 14.7 Å². The second-order valence-electron chi connectivity index (χ2n) is 4.97. The number of aromatic nitrogens is 2. The molecule has 0 aliphatic carbocycles. The number of likely N-dealkylation sites (tertiary alicyclic amines) is 1. The van der Waals surface area contributed by atoms with Crippen molar-refractivity contribution in [2.45, 2.75) is 38.8 Å². The first-order valence-corrected chi connectivity index (χ1v) is 6.92. The molecular formula is C13H20ClN3O2. The number of rotatable bonds is 3. The number of halogens is 1. The van der Waals surface area contributed by atoms with Crippen LogP contribution in [-0.2, 0) is 23.1 Å². The Bertz CT molecular complexity index is 473. The zero-order chi connectivity index (χ0) is 14.0. The number of methoxy groups -OCH3 is 1. The van der Waals surface area contributed by atoms with Crippen LogP contribution in [-0.4, -0.2) is 40.3 Å². The lowest BCUT2D eigenvalue weighted by molar-refractivity contribution is -0.148. The summed E-state index contributed by atoms with van der Waals surface area (Å²) in [6, 6.07) is -0.162. The number of piperidine rings is 1. The maximum absolute atomic E-state index is 11.8. The van der Waals surface area contributed by atoms with Crippen molar-refractivity contribution >= 4 is 17.6 Å². The highest BCUT2D eigenvalue weighted by atomic mass is 35.5. The minimum absolute atomic E-state index is 0.158. The Morgan fingerprint density at radius 1 is 1.53 bits per heavy atom. The van der Waals surface area contributed by atoms with Crippen LogP contribution in [0.3, 0.4) is 0 Å². The first-order valence-electron chi connectivity index (χ1n) is 6.54. The van der Waals surface area contributed by atoms with Crippen LogP contribution in [0.2, 0.25) is 5.02 Å². The maximum atomic E-state index is 11.8. The zero-order valence-electron chi connectivity index (χ0n) is 11.6. The van der Waals surface area contributed by atoms with Gasteiger partial charge in [-0.1, -0.05) is 18.0 Å². The van der Waals surface area contributed by atoms with Crippen molar-refractivity contribution in [3.05, 3.63) is 16.4 Å². The van der Waals surface area contributed by atoms with Crippen molar-refractivity contribution in [2.24, 2.45) is 7.05 Å². The van der Waals surface area contributed by atoms with E-state index in [-0.39, 0.29) is 12.0 Å². The molecule has 1 saturated heterocycles. The molecule has 0 amide bonds. The van der Waals surface area contributed by atoms with E-state index in [1.54, 1.807) is 4.68 Å². The molecule has 1 aromatic heterocycles. The molecule has 2 heterocycles. The number of ether oxygens (including phenoxy) is 1. The largest absolute Gasteiger partial charge is 0.468 e. The topological polar surface area (TPSA) is 47.4 Å². The van der Waals surface area contributed by atoms with Crippen molar-refractivity contribution in [1.29, 1.82) is 0 Å². The standard InChI is InChI=1S/C13H20ClN3O2/c1-9-12(14)11(16(2)15-9)8-17-7-5-4-6-10(17)13(18)19-3/h10H,4-8H2,1-3H3. The molecule has 6 heteroatoms. The molecule has 1 aromatic rings. The third kappa shape index (κ3) is 2.92. The molecule has 1 atom stereocenters. The van der Waals surface area contributed by atoms with Crippen molar-refractivity contribution in [3.63, 3.8) is 0 Å². The Hall–Kier alpha value is -1.07. The van der Waals surface area contributed by atoms with Crippen LogP contribution >= 0.6 is 11.6 Å². The Kier molecular flexibility index (Phi) is 4.47. The van der Waals surface area contributed by atoms with Gasteiger partial charge in [0.1, 0.15) is 6.04 Å². The molecule has 106 valence electrons. The lowest BCUT2D eigenvalue weighted by Crippen LogP contribution is -2.45. The number of nitrogens with zero attached hydrogens (tertiary/aromatic N) is 3. The van der Waals surface area contributed by atoms with Gasteiger partial charge in [0.25, 0.3) is 0 Å². The summed E-state index contributed by atoms with van der Waals surface area (Å²) in [7, 11) is 3.32. The smallest absolute Gasteiger partial charge is 0.323 e. The molecule has 0 saturated carbocycles. The van der Waals surface area contributed by atoms with E-state index in [1.807, 2.05) is 14.0 Å². The van der Waals surface area contributed by atoms with E-state index in [1.165, 1.54) is 7.11 Å². The predicted molar refractivity (Wildman–Crippen MR) is 73.0 cm³/mol. The quantitative estimate of drug-likeness (QED) is 0.796. The first kappa shape index (κ1) is 14.3. The molecule has 0 N–H and O–H groups in total. The normalized spacial score (nSPS) is 20.5. The van der Waals surface area contributed by atoms with Gasteiger partial charge in [0.2, 0.25) is 0 Å². The predicted octanol–water partition coefficient (Wildman–Crippen LogP) is 1.91. The molecular weight excluding hydrogens is 266 g/mol. The highest BCUT2D eigenvalue weighted by Gasteiger charge is 2.30. The molecule has 1 fully saturated rings. The van der Waals surface area contributed by atoms with Gasteiger partial charge < -0.3 is 4.74 Å². The number of carbonyl (C=O) groups excluding carboxylic acids is 1. The summed E-state index contributed by atoms with van der Waals surface area (Å²) < 4.78 is 6.68. The van der Waals surface area contributed by atoms with E-state index in [0.717, 1.165) is 37.2 Å². The Morgan fingerprint density at radius 3 is 2.84 bits per heavy atom. The van der Waals surface area contributed by atoms with Gasteiger partial charge in [0, 0.05) is 13.6 Å². The van der Waals surface area contributed by atoms with Crippen molar-refractivity contribution in [2.75, 3.05) is 13.7 Å². The van der Waals surface area contributed by atoms with E-state index in [0.29, 0.717) is 11.6 Å². The monoisotopic (exact) mass is 285 g/mol. The number of esters is 1. The summed E-state index contributed by atoms with van der Waals surface area (Å²) in [6.07, 6.45) is 3.01. The van der Waals surface area contributed by atoms with E-state index in [4.69, 9.17) is 16.3 Å². The minimum Gasteiger partial charge on any atom is -0.468 e. The van der Waals surface area contributed by atoms with Crippen LogP contribution in [0, 0.1) is 6.92 Å². The fourth-order valence-corrected chi connectivity index (χ4v) is 2.85. The lowest BCUT2D eigenvalue weighted by atomic mass is 10.0. The van der Waals surface area contributed by atoms with Crippen LogP contribution in [0.25, 0.3) is 0 Å². The second kappa shape index (κ2) is 5.92. The summed E-state index contributed by atoms with van der Waals surface area (Å²) in [5.41, 5.74) is 1.78. The fraction of sp³-hybridized carbons (Fsp3) is 0.692. The van der Waals surface area contributed by atoms with E-state index < -0.39 is 0 Å². The van der Waals surface area contributed by atoms with Gasteiger partial charge in [-0.3, -0.25) is 14.4 Å². The molecule has 19 heavy (non-hydrogen) atoms. The van der Waals surface area contributed by atoms with Gasteiger partial charge in [0.15, 0.2) is 0 Å².